The SMILES string of the molecule is O=C(Nc1ccc(OCC(=O)N(Cc2ccco2)CC(F)(F)F)cc1)c1ccco1. The van der Waals surface area contributed by atoms with E-state index in [1.807, 2.05) is 0 Å². The van der Waals surface area contributed by atoms with Crippen LogP contribution in [0.5, 0.6) is 5.75 Å². The van der Waals surface area contributed by atoms with Gasteiger partial charge in [-0.2, -0.15) is 13.2 Å². The van der Waals surface area contributed by atoms with Crippen molar-refractivity contribution in [3.8, 4) is 5.75 Å². The van der Waals surface area contributed by atoms with Crippen LogP contribution in [0.15, 0.2) is 69.9 Å². The van der Waals surface area contributed by atoms with E-state index in [0.717, 1.165) is 0 Å². The summed E-state index contributed by atoms with van der Waals surface area (Å²) >= 11 is 0. The molecule has 30 heavy (non-hydrogen) atoms. The molecule has 2 aromatic heterocycles. The van der Waals surface area contributed by atoms with Crippen LogP contribution in [-0.2, 0) is 11.3 Å². The molecule has 0 radical (unpaired) electrons. The lowest BCUT2D eigenvalue weighted by molar-refractivity contribution is -0.164. The first-order valence-electron chi connectivity index (χ1n) is 8.75. The van der Waals surface area contributed by atoms with Gasteiger partial charge in [-0.05, 0) is 48.5 Å². The van der Waals surface area contributed by atoms with E-state index in [1.165, 1.54) is 55.0 Å². The van der Waals surface area contributed by atoms with Crippen LogP contribution < -0.4 is 10.1 Å². The summed E-state index contributed by atoms with van der Waals surface area (Å²) in [6.45, 7) is -2.34. The third kappa shape index (κ3) is 6.16. The summed E-state index contributed by atoms with van der Waals surface area (Å²) in [5, 5.41) is 2.61. The molecule has 2 heterocycles. The van der Waals surface area contributed by atoms with Crippen LogP contribution in [0.2, 0.25) is 0 Å². The van der Waals surface area contributed by atoms with Crippen LogP contribution in [-0.4, -0.2) is 36.0 Å². The fraction of sp³-hybridized carbons (Fsp3) is 0.200. The Labute approximate surface area is 169 Å². The van der Waals surface area contributed by atoms with Crippen molar-refractivity contribution >= 4 is 17.5 Å². The quantitative estimate of drug-likeness (QED) is 0.591. The van der Waals surface area contributed by atoms with Crippen molar-refractivity contribution in [3.05, 3.63) is 72.6 Å². The summed E-state index contributed by atoms with van der Waals surface area (Å²) in [7, 11) is 0. The van der Waals surface area contributed by atoms with Crippen molar-refractivity contribution < 1.29 is 36.3 Å². The Morgan fingerprint density at radius 3 is 2.30 bits per heavy atom. The minimum Gasteiger partial charge on any atom is -0.484 e. The molecule has 7 nitrogen and oxygen atoms in total. The first-order chi connectivity index (χ1) is 14.3. The molecule has 0 fully saturated rings. The van der Waals surface area contributed by atoms with Crippen molar-refractivity contribution in [1.82, 2.24) is 4.90 Å². The first-order valence-corrected chi connectivity index (χ1v) is 8.75. The van der Waals surface area contributed by atoms with E-state index in [9.17, 15) is 22.8 Å². The van der Waals surface area contributed by atoms with Gasteiger partial charge in [-0.25, -0.2) is 0 Å². The van der Waals surface area contributed by atoms with E-state index in [4.69, 9.17) is 13.6 Å². The Balaban J connectivity index is 1.56. The number of carbonyl (C=O) groups excluding carboxylic acids is 2. The van der Waals surface area contributed by atoms with E-state index >= 15 is 0 Å². The number of alkyl halides is 3. The average molecular weight is 422 g/mol. The topological polar surface area (TPSA) is 84.9 Å². The molecule has 0 aliphatic heterocycles. The highest BCUT2D eigenvalue weighted by atomic mass is 19.4. The molecule has 0 bridgehead atoms. The standard InChI is InChI=1S/C20H17F3N2O5/c21-20(22,23)13-25(11-16-3-1-9-28-16)18(26)12-30-15-7-5-14(6-8-15)24-19(27)17-4-2-10-29-17/h1-10H,11-13H2,(H,24,27). The van der Waals surface area contributed by atoms with Crippen molar-refractivity contribution in [3.63, 3.8) is 0 Å². The minimum atomic E-state index is -4.56. The largest absolute Gasteiger partial charge is 0.484 e. The molecule has 3 aromatic rings. The molecule has 1 N–H and O–H groups in total. The van der Waals surface area contributed by atoms with Gasteiger partial charge in [0.15, 0.2) is 12.4 Å². The lowest BCUT2D eigenvalue weighted by Gasteiger charge is -2.23. The third-order valence-corrected chi connectivity index (χ3v) is 3.87. The van der Waals surface area contributed by atoms with Crippen molar-refractivity contribution in [2.45, 2.75) is 12.7 Å². The number of anilines is 1. The summed E-state index contributed by atoms with van der Waals surface area (Å²) in [6.07, 6.45) is -1.87. The number of halogens is 3. The van der Waals surface area contributed by atoms with Crippen LogP contribution in [0.3, 0.4) is 0 Å². The molecule has 0 aliphatic rings. The zero-order valence-electron chi connectivity index (χ0n) is 15.5. The summed E-state index contributed by atoms with van der Waals surface area (Å²) in [5.41, 5.74) is 0.451. The molecular formula is C20H17F3N2O5. The summed E-state index contributed by atoms with van der Waals surface area (Å²) < 4.78 is 53.7. The fourth-order valence-corrected chi connectivity index (χ4v) is 2.51. The monoisotopic (exact) mass is 422 g/mol. The van der Waals surface area contributed by atoms with Crippen LogP contribution in [0.4, 0.5) is 18.9 Å². The molecule has 0 aliphatic carbocycles. The predicted octanol–water partition coefficient (Wildman–Crippen LogP) is 4.09. The lowest BCUT2D eigenvalue weighted by atomic mass is 10.3. The Kier molecular flexibility index (Phi) is 6.45. The van der Waals surface area contributed by atoms with E-state index in [-0.39, 0.29) is 23.8 Å². The third-order valence-electron chi connectivity index (χ3n) is 3.87. The smallest absolute Gasteiger partial charge is 0.406 e. The van der Waals surface area contributed by atoms with Gasteiger partial charge in [0, 0.05) is 5.69 Å². The molecule has 158 valence electrons. The molecular weight excluding hydrogens is 405 g/mol. The van der Waals surface area contributed by atoms with Crippen LogP contribution in [0, 0.1) is 0 Å². The van der Waals surface area contributed by atoms with E-state index in [0.29, 0.717) is 10.6 Å². The predicted molar refractivity (Wildman–Crippen MR) is 98.8 cm³/mol. The molecule has 0 atom stereocenters. The number of rotatable bonds is 8. The Morgan fingerprint density at radius 1 is 1.00 bits per heavy atom. The van der Waals surface area contributed by atoms with Gasteiger partial charge in [-0.3, -0.25) is 9.59 Å². The number of nitrogens with one attached hydrogen (secondary N) is 1. The normalized spacial score (nSPS) is 11.2. The minimum absolute atomic E-state index is 0.141. The maximum Gasteiger partial charge on any atom is 0.406 e. The molecule has 0 saturated heterocycles. The molecule has 0 unspecified atom stereocenters. The number of benzene rings is 1. The van der Waals surface area contributed by atoms with Gasteiger partial charge in [0.25, 0.3) is 11.8 Å². The van der Waals surface area contributed by atoms with Crippen LogP contribution in [0.25, 0.3) is 0 Å². The average Bonchev–Trinajstić information content (AvgIpc) is 3.39. The van der Waals surface area contributed by atoms with E-state index < -0.39 is 31.1 Å². The van der Waals surface area contributed by atoms with Gasteiger partial charge in [-0.15, -0.1) is 0 Å². The van der Waals surface area contributed by atoms with Crippen molar-refractivity contribution in [1.29, 1.82) is 0 Å². The van der Waals surface area contributed by atoms with Crippen molar-refractivity contribution in [2.75, 3.05) is 18.5 Å². The van der Waals surface area contributed by atoms with Gasteiger partial charge in [0.05, 0.1) is 19.1 Å². The van der Waals surface area contributed by atoms with Gasteiger partial charge >= 0.3 is 6.18 Å². The highest BCUT2D eigenvalue weighted by Crippen LogP contribution is 2.20. The number of ether oxygens (including phenoxy) is 1. The van der Waals surface area contributed by atoms with Crippen LogP contribution >= 0.6 is 0 Å². The zero-order valence-corrected chi connectivity index (χ0v) is 15.5. The summed E-state index contributed by atoms with van der Waals surface area (Å²) in [5.74, 6) is -0.667. The molecule has 2 amide bonds. The lowest BCUT2D eigenvalue weighted by Crippen LogP contribution is -2.40. The molecule has 0 saturated carbocycles. The van der Waals surface area contributed by atoms with E-state index in [1.54, 1.807) is 6.07 Å². The second-order valence-corrected chi connectivity index (χ2v) is 6.19. The van der Waals surface area contributed by atoms with Crippen molar-refractivity contribution in [2.24, 2.45) is 0 Å². The maximum absolute atomic E-state index is 12.8. The second-order valence-electron chi connectivity index (χ2n) is 6.19. The number of hydrogen-bond acceptors (Lipinski definition) is 5. The molecule has 1 aromatic carbocycles. The van der Waals surface area contributed by atoms with Gasteiger partial charge in [0.2, 0.25) is 0 Å². The molecule has 0 spiro atoms. The number of furan rings is 2. The Bertz CT molecular complexity index is 952. The highest BCUT2D eigenvalue weighted by molar-refractivity contribution is 6.02. The van der Waals surface area contributed by atoms with Crippen LogP contribution in [0.1, 0.15) is 16.3 Å². The number of hydrogen-bond donors (Lipinski definition) is 1. The van der Waals surface area contributed by atoms with Gasteiger partial charge < -0.3 is 23.8 Å². The van der Waals surface area contributed by atoms with Gasteiger partial charge in [-0.1, -0.05) is 0 Å². The second kappa shape index (κ2) is 9.21. The number of carbonyl (C=O) groups is 2. The summed E-state index contributed by atoms with van der Waals surface area (Å²) in [4.78, 5) is 24.8. The fourth-order valence-electron chi connectivity index (χ4n) is 2.51. The number of amides is 2. The zero-order chi connectivity index (χ0) is 21.6. The van der Waals surface area contributed by atoms with E-state index in [2.05, 4.69) is 5.32 Å². The molecule has 10 heteroatoms. The van der Waals surface area contributed by atoms with Gasteiger partial charge in [0.1, 0.15) is 18.1 Å². The first kappa shape index (κ1) is 21.0. The summed E-state index contributed by atoms with van der Waals surface area (Å²) in [6, 6.07) is 12.1. The Morgan fingerprint density at radius 2 is 1.70 bits per heavy atom. The number of nitrogens with zero attached hydrogens (tertiary/aromatic N) is 1. The molecule has 3 rings (SSSR count). The highest BCUT2D eigenvalue weighted by Gasteiger charge is 2.33. The maximum atomic E-state index is 12.8. The Hall–Kier alpha value is -3.69.